The number of nitrogens with zero attached hydrogens (tertiary/aromatic N) is 4. The summed E-state index contributed by atoms with van der Waals surface area (Å²) in [7, 11) is -3.55. The Morgan fingerprint density at radius 1 is 1.22 bits per heavy atom. The SMILES string of the molecule is Cc1cc2cnc(NC3CCN(S(=O)(=O)NC[C@@H]4CCCO4)CC3)nc2n(C2CCCC2(C)O)c1=O. The molecule has 2 aromatic heterocycles. The molecule has 2 aliphatic heterocycles. The summed E-state index contributed by atoms with van der Waals surface area (Å²) in [4.78, 5) is 22.3. The Labute approximate surface area is 211 Å². The minimum absolute atomic E-state index is 0.00674. The van der Waals surface area contributed by atoms with Gasteiger partial charge in [-0.15, -0.1) is 0 Å². The molecule has 11 nitrogen and oxygen atoms in total. The summed E-state index contributed by atoms with van der Waals surface area (Å²) in [5.74, 6) is 0.398. The number of aromatic nitrogens is 3. The van der Waals surface area contributed by atoms with E-state index in [1.807, 2.05) is 0 Å². The zero-order valence-electron chi connectivity index (χ0n) is 20.9. The molecule has 2 unspecified atom stereocenters. The number of aliphatic hydroxyl groups is 1. The normalized spacial score (nSPS) is 28.2. The number of anilines is 1. The first-order valence-electron chi connectivity index (χ1n) is 12.9. The number of rotatable bonds is 7. The smallest absolute Gasteiger partial charge is 0.279 e. The van der Waals surface area contributed by atoms with Crippen LogP contribution in [0.2, 0.25) is 0 Å². The van der Waals surface area contributed by atoms with Crippen LogP contribution in [0.15, 0.2) is 17.1 Å². The molecule has 198 valence electrons. The second kappa shape index (κ2) is 9.97. The Hall–Kier alpha value is -2.12. The Balaban J connectivity index is 1.28. The van der Waals surface area contributed by atoms with E-state index in [0.717, 1.165) is 24.6 Å². The molecule has 2 aromatic rings. The van der Waals surface area contributed by atoms with E-state index in [9.17, 15) is 18.3 Å². The minimum atomic E-state index is -3.55. The number of ether oxygens (including phenoxy) is 1. The third-order valence-corrected chi connectivity index (χ3v) is 9.36. The lowest BCUT2D eigenvalue weighted by Gasteiger charge is -2.32. The van der Waals surface area contributed by atoms with Crippen molar-refractivity contribution in [3.8, 4) is 0 Å². The van der Waals surface area contributed by atoms with E-state index in [4.69, 9.17) is 9.72 Å². The Morgan fingerprint density at radius 3 is 2.67 bits per heavy atom. The van der Waals surface area contributed by atoms with Crippen LogP contribution in [0.5, 0.6) is 0 Å². The standard InChI is InChI=1S/C24H36N6O5S/c1-16-13-17-14-25-23(28-21(17)30(22(16)31)20-6-3-9-24(20,2)32)27-18-7-10-29(11-8-18)36(33,34)26-15-19-5-4-12-35-19/h13-14,18-20,26,32H,3-12,15H2,1-2H3,(H,25,27,28)/t19-,20?,24?/m0/s1. The number of fused-ring (bicyclic) bond motifs is 1. The van der Waals surface area contributed by atoms with Crippen LogP contribution in [0.4, 0.5) is 5.95 Å². The monoisotopic (exact) mass is 520 g/mol. The van der Waals surface area contributed by atoms with Crippen molar-refractivity contribution in [1.82, 2.24) is 23.6 Å². The third-order valence-electron chi connectivity index (χ3n) is 7.79. The van der Waals surface area contributed by atoms with Crippen LogP contribution in [-0.4, -0.2) is 76.4 Å². The maximum Gasteiger partial charge on any atom is 0.279 e. The summed E-state index contributed by atoms with van der Waals surface area (Å²) in [5, 5.41) is 15.0. The molecular formula is C24H36N6O5S. The number of hydrogen-bond donors (Lipinski definition) is 3. The molecule has 3 atom stereocenters. The van der Waals surface area contributed by atoms with E-state index in [1.54, 1.807) is 30.7 Å². The molecule has 36 heavy (non-hydrogen) atoms. The molecule has 2 saturated heterocycles. The highest BCUT2D eigenvalue weighted by Crippen LogP contribution is 2.39. The van der Waals surface area contributed by atoms with Gasteiger partial charge in [0.05, 0.1) is 17.7 Å². The zero-order valence-corrected chi connectivity index (χ0v) is 21.8. The minimum Gasteiger partial charge on any atom is -0.388 e. The molecule has 0 spiro atoms. The molecule has 3 fully saturated rings. The van der Waals surface area contributed by atoms with E-state index in [-0.39, 0.29) is 23.7 Å². The van der Waals surface area contributed by atoms with Gasteiger partial charge >= 0.3 is 0 Å². The fourth-order valence-corrected chi connectivity index (χ4v) is 6.94. The van der Waals surface area contributed by atoms with Gasteiger partial charge in [0.15, 0.2) is 0 Å². The van der Waals surface area contributed by atoms with Gasteiger partial charge in [0.2, 0.25) is 5.95 Å². The van der Waals surface area contributed by atoms with Crippen molar-refractivity contribution in [2.24, 2.45) is 0 Å². The largest absolute Gasteiger partial charge is 0.388 e. The fourth-order valence-electron chi connectivity index (χ4n) is 5.67. The van der Waals surface area contributed by atoms with Crippen molar-refractivity contribution >= 4 is 27.2 Å². The lowest BCUT2D eigenvalue weighted by molar-refractivity contribution is 0.0266. The van der Waals surface area contributed by atoms with Gasteiger partial charge in [0.1, 0.15) is 5.65 Å². The second-order valence-electron chi connectivity index (χ2n) is 10.5. The molecule has 4 heterocycles. The maximum atomic E-state index is 13.1. The Kier molecular flexibility index (Phi) is 7.07. The van der Waals surface area contributed by atoms with E-state index in [0.29, 0.717) is 69.1 Å². The summed E-state index contributed by atoms with van der Waals surface area (Å²) >= 11 is 0. The number of nitrogens with one attached hydrogen (secondary N) is 2. The van der Waals surface area contributed by atoms with Gasteiger partial charge in [-0.25, -0.2) is 4.98 Å². The molecule has 0 radical (unpaired) electrons. The molecule has 1 aliphatic carbocycles. The van der Waals surface area contributed by atoms with Crippen LogP contribution in [0, 0.1) is 6.92 Å². The molecule has 0 amide bonds. The molecule has 3 N–H and O–H groups in total. The van der Waals surface area contributed by atoms with Crippen LogP contribution in [0.25, 0.3) is 11.0 Å². The predicted octanol–water partition coefficient (Wildman–Crippen LogP) is 1.47. The molecule has 5 rings (SSSR count). The van der Waals surface area contributed by atoms with Crippen molar-refractivity contribution in [2.75, 3.05) is 31.6 Å². The van der Waals surface area contributed by atoms with E-state index >= 15 is 0 Å². The first-order valence-corrected chi connectivity index (χ1v) is 14.3. The summed E-state index contributed by atoms with van der Waals surface area (Å²) in [6.07, 6.45) is 6.93. The summed E-state index contributed by atoms with van der Waals surface area (Å²) in [6.45, 7) is 5.33. The number of pyridine rings is 1. The maximum absolute atomic E-state index is 13.1. The lowest BCUT2D eigenvalue weighted by Crippen LogP contribution is -2.48. The van der Waals surface area contributed by atoms with E-state index in [2.05, 4.69) is 15.0 Å². The number of hydrogen-bond acceptors (Lipinski definition) is 8. The van der Waals surface area contributed by atoms with Crippen LogP contribution < -0.4 is 15.6 Å². The van der Waals surface area contributed by atoms with Crippen molar-refractivity contribution in [3.63, 3.8) is 0 Å². The molecule has 0 aromatic carbocycles. The summed E-state index contributed by atoms with van der Waals surface area (Å²) < 4.78 is 36.7. The molecule has 12 heteroatoms. The number of piperidine rings is 1. The quantitative estimate of drug-likeness (QED) is 0.499. The van der Waals surface area contributed by atoms with Gasteiger partial charge in [-0.2, -0.15) is 22.4 Å². The predicted molar refractivity (Wildman–Crippen MR) is 136 cm³/mol. The Morgan fingerprint density at radius 2 is 2.00 bits per heavy atom. The average molecular weight is 521 g/mol. The van der Waals surface area contributed by atoms with Gasteiger partial charge in [0.25, 0.3) is 15.8 Å². The highest BCUT2D eigenvalue weighted by atomic mass is 32.2. The summed E-state index contributed by atoms with van der Waals surface area (Å²) in [6, 6.07) is 1.45. The first-order chi connectivity index (χ1) is 17.1. The highest BCUT2D eigenvalue weighted by molar-refractivity contribution is 7.87. The van der Waals surface area contributed by atoms with Gasteiger partial charge in [-0.1, -0.05) is 0 Å². The van der Waals surface area contributed by atoms with Crippen molar-refractivity contribution < 1.29 is 18.3 Å². The fraction of sp³-hybridized carbons (Fsp3) is 0.708. The van der Waals surface area contributed by atoms with Crippen molar-refractivity contribution in [2.45, 2.75) is 82.6 Å². The van der Waals surface area contributed by atoms with Crippen LogP contribution in [0.3, 0.4) is 0 Å². The van der Waals surface area contributed by atoms with Crippen LogP contribution in [-0.2, 0) is 14.9 Å². The highest BCUT2D eigenvalue weighted by Gasteiger charge is 2.39. The zero-order chi connectivity index (χ0) is 25.5. The Bertz CT molecular complexity index is 1270. The second-order valence-corrected chi connectivity index (χ2v) is 12.3. The van der Waals surface area contributed by atoms with Crippen molar-refractivity contribution in [3.05, 3.63) is 28.2 Å². The third kappa shape index (κ3) is 5.14. The molecule has 0 bridgehead atoms. The van der Waals surface area contributed by atoms with E-state index < -0.39 is 15.8 Å². The average Bonchev–Trinajstić information content (AvgIpc) is 3.49. The van der Waals surface area contributed by atoms with Crippen LogP contribution >= 0.6 is 0 Å². The van der Waals surface area contributed by atoms with Gasteiger partial charge in [-0.3, -0.25) is 9.36 Å². The lowest BCUT2D eigenvalue weighted by atomic mass is 9.99. The van der Waals surface area contributed by atoms with Gasteiger partial charge in [-0.05, 0) is 64.9 Å². The molecule has 3 aliphatic rings. The summed E-state index contributed by atoms with van der Waals surface area (Å²) in [5.41, 5.74) is -0.0163. The molecule has 1 saturated carbocycles. The van der Waals surface area contributed by atoms with Crippen LogP contribution in [0.1, 0.15) is 63.5 Å². The van der Waals surface area contributed by atoms with Gasteiger partial charge in [0, 0.05) is 49.4 Å². The van der Waals surface area contributed by atoms with Crippen molar-refractivity contribution in [1.29, 1.82) is 0 Å². The van der Waals surface area contributed by atoms with E-state index in [1.165, 1.54) is 4.31 Å². The first kappa shape index (κ1) is 25.5. The topological polar surface area (TPSA) is 139 Å². The number of aryl methyl sites for hydroxylation is 1. The van der Waals surface area contributed by atoms with Gasteiger partial charge < -0.3 is 15.2 Å². The molecular weight excluding hydrogens is 484 g/mol.